The normalized spacial score (nSPS) is 15.4. The van der Waals surface area contributed by atoms with E-state index in [9.17, 15) is 13.0 Å². The first kappa shape index (κ1) is 34.9. The van der Waals surface area contributed by atoms with Gasteiger partial charge in [0.25, 0.3) is 10.1 Å². The van der Waals surface area contributed by atoms with E-state index in [1.165, 1.54) is 18.2 Å². The Kier molecular flexibility index (Phi) is 11.0. The van der Waals surface area contributed by atoms with Crippen LogP contribution in [0.3, 0.4) is 0 Å². The number of piperazine rings is 2. The van der Waals surface area contributed by atoms with E-state index in [0.29, 0.717) is 66.3 Å². The molecule has 4 aromatic rings. The fraction of sp³-hybridized carbons (Fsp3) is 0.286. The van der Waals surface area contributed by atoms with Gasteiger partial charge < -0.3 is 42.5 Å². The lowest BCUT2D eigenvalue weighted by atomic mass is 10.1. The maximum Gasteiger partial charge on any atom is 0.295 e. The van der Waals surface area contributed by atoms with Crippen molar-refractivity contribution >= 4 is 81.4 Å². The van der Waals surface area contributed by atoms with Crippen LogP contribution in [0.4, 0.5) is 47.1 Å². The van der Waals surface area contributed by atoms with Gasteiger partial charge in [-0.1, -0.05) is 29.3 Å². The summed E-state index contributed by atoms with van der Waals surface area (Å²) < 4.78 is 39.8. The van der Waals surface area contributed by atoms with Crippen LogP contribution in [0.2, 0.25) is 0 Å². The van der Waals surface area contributed by atoms with Gasteiger partial charge in [-0.2, -0.15) is 38.3 Å². The first-order chi connectivity index (χ1) is 24.1. The summed E-state index contributed by atoms with van der Waals surface area (Å²) >= 11 is 0.692. The van der Waals surface area contributed by atoms with Crippen LogP contribution in [-0.4, -0.2) is 100 Å². The fourth-order valence-electron chi connectivity index (χ4n) is 5.17. The second-order valence-corrected chi connectivity index (χ2v) is 13.0. The van der Waals surface area contributed by atoms with Crippen molar-refractivity contribution in [3.8, 4) is 0 Å². The number of nitrogen functional groups attached to an aromatic ring is 2. The van der Waals surface area contributed by atoms with E-state index in [0.717, 1.165) is 26.2 Å². The highest BCUT2D eigenvalue weighted by molar-refractivity contribution is 7.94. The summed E-state index contributed by atoms with van der Waals surface area (Å²) in [6, 6.07) is 9.44. The van der Waals surface area contributed by atoms with E-state index in [-0.39, 0.29) is 39.9 Å². The van der Waals surface area contributed by atoms with Crippen molar-refractivity contribution < 1.29 is 27.6 Å². The average molecular weight is 727 g/mol. The summed E-state index contributed by atoms with van der Waals surface area (Å²) in [6.07, 6.45) is 3.09. The standard InChI is InChI=1S/C28H34N14O6S2/c29-23-35-25(39-27(37-23)41-11-7-31-8-12-41)33-19-5-3-17(21(15-19)49-48-47-43)1-2-18-4-6-20(16-22(18)50(44,45)46)34-26-36-24(30)38-28(40-26)42-13-9-32-10-14-42/h1-6,15-16,31-32,43H,7-14H2,(H,44,45,46)(H3,29,33,35,37,39)(H3,30,34,36,38,40)/b2-1+. The third-order valence-corrected chi connectivity index (χ3v) is 9.07. The predicted molar refractivity (Wildman–Crippen MR) is 187 cm³/mol. The molecular formula is C28H34N14O6S2. The third kappa shape index (κ3) is 8.99. The largest absolute Gasteiger partial charge is 0.368 e. The Morgan fingerprint density at radius 2 is 1.26 bits per heavy atom. The summed E-state index contributed by atoms with van der Waals surface area (Å²) in [5.74, 6) is 1.21. The van der Waals surface area contributed by atoms with Crippen molar-refractivity contribution in [3.05, 3.63) is 47.5 Å². The summed E-state index contributed by atoms with van der Waals surface area (Å²) in [5.41, 5.74) is 13.4. The number of anilines is 8. The zero-order valence-corrected chi connectivity index (χ0v) is 28.0. The van der Waals surface area contributed by atoms with E-state index in [1.807, 2.05) is 9.80 Å². The number of hydrogen-bond acceptors (Lipinski definition) is 20. The predicted octanol–water partition coefficient (Wildman–Crippen LogP) is 1.37. The lowest BCUT2D eigenvalue weighted by Gasteiger charge is -2.27. The number of nitrogens with two attached hydrogens (primary N) is 2. The lowest BCUT2D eigenvalue weighted by molar-refractivity contribution is -0.432. The van der Waals surface area contributed by atoms with Gasteiger partial charge in [-0.3, -0.25) is 4.55 Å². The molecule has 0 saturated carbocycles. The van der Waals surface area contributed by atoms with Crippen LogP contribution in [0, 0.1) is 0 Å². The second-order valence-electron chi connectivity index (χ2n) is 10.9. The van der Waals surface area contributed by atoms with Gasteiger partial charge in [0.15, 0.2) is 0 Å². The van der Waals surface area contributed by atoms with Gasteiger partial charge >= 0.3 is 0 Å². The molecular weight excluding hydrogens is 693 g/mol. The molecule has 2 aromatic carbocycles. The molecule has 264 valence electrons. The molecule has 0 atom stereocenters. The van der Waals surface area contributed by atoms with Crippen molar-refractivity contribution in [3.63, 3.8) is 0 Å². The van der Waals surface area contributed by atoms with E-state index in [1.54, 1.807) is 30.3 Å². The molecule has 0 aliphatic carbocycles. The van der Waals surface area contributed by atoms with Gasteiger partial charge in [-0.05, 0) is 35.4 Å². The topological polar surface area (TPSA) is 277 Å². The lowest BCUT2D eigenvalue weighted by Crippen LogP contribution is -2.44. The monoisotopic (exact) mass is 726 g/mol. The molecule has 10 N–H and O–H groups in total. The van der Waals surface area contributed by atoms with E-state index in [2.05, 4.69) is 56.2 Å². The molecule has 20 nitrogen and oxygen atoms in total. The first-order valence-electron chi connectivity index (χ1n) is 15.2. The van der Waals surface area contributed by atoms with Gasteiger partial charge in [-0.15, -0.1) is 4.33 Å². The SMILES string of the molecule is Nc1nc(Nc2ccc(/C=C/c3ccc(Nc4nc(N)nc(N5CCNCC5)n4)cc3S(=O)(=O)O)c(SOOO)c2)nc(N2CCNCC2)n1. The molecule has 22 heteroatoms. The molecule has 0 unspecified atom stereocenters. The van der Waals surface area contributed by atoms with Crippen LogP contribution >= 0.6 is 12.0 Å². The van der Waals surface area contributed by atoms with E-state index >= 15 is 0 Å². The number of nitrogens with zero attached hydrogens (tertiary/aromatic N) is 8. The highest BCUT2D eigenvalue weighted by Crippen LogP contribution is 2.31. The van der Waals surface area contributed by atoms with Gasteiger partial charge in [0.1, 0.15) is 4.90 Å². The number of rotatable bonds is 12. The van der Waals surface area contributed by atoms with Crippen molar-refractivity contribution in [2.24, 2.45) is 0 Å². The van der Waals surface area contributed by atoms with Crippen LogP contribution in [0.1, 0.15) is 11.1 Å². The van der Waals surface area contributed by atoms with Crippen LogP contribution in [-0.2, 0) is 19.5 Å². The molecule has 2 fully saturated rings. The zero-order chi connectivity index (χ0) is 35.1. The molecule has 6 rings (SSSR count). The van der Waals surface area contributed by atoms with Crippen LogP contribution in [0.15, 0.2) is 46.2 Å². The Balaban J connectivity index is 1.23. The van der Waals surface area contributed by atoms with Crippen LogP contribution in [0.5, 0.6) is 0 Å². The summed E-state index contributed by atoms with van der Waals surface area (Å²) in [6.45, 7) is 5.90. The van der Waals surface area contributed by atoms with Crippen LogP contribution < -0.4 is 42.5 Å². The van der Waals surface area contributed by atoms with E-state index < -0.39 is 10.1 Å². The quantitative estimate of drug-likeness (QED) is 0.0336. The Morgan fingerprint density at radius 1 is 0.760 bits per heavy atom. The first-order valence-corrected chi connectivity index (χ1v) is 17.4. The van der Waals surface area contributed by atoms with Gasteiger partial charge in [-0.25, -0.2) is 5.26 Å². The van der Waals surface area contributed by atoms with Crippen molar-refractivity contribution in [1.82, 2.24) is 40.5 Å². The molecule has 0 radical (unpaired) electrons. The molecule has 0 bridgehead atoms. The number of benzene rings is 2. The number of aromatic nitrogens is 6. The molecule has 0 amide bonds. The molecule has 0 spiro atoms. The molecule has 2 aromatic heterocycles. The van der Waals surface area contributed by atoms with Crippen molar-refractivity contribution in [2.75, 3.05) is 84.3 Å². The maximum absolute atomic E-state index is 12.5. The van der Waals surface area contributed by atoms with Gasteiger partial charge in [0.2, 0.25) is 35.7 Å². The summed E-state index contributed by atoms with van der Waals surface area (Å²) in [4.78, 5) is 29.7. The Morgan fingerprint density at radius 3 is 1.78 bits per heavy atom. The summed E-state index contributed by atoms with van der Waals surface area (Å²) in [7, 11) is -4.68. The third-order valence-electron chi connectivity index (χ3n) is 7.50. The molecule has 4 heterocycles. The van der Waals surface area contributed by atoms with E-state index in [4.69, 9.17) is 21.1 Å². The Hall–Kier alpha value is -4.94. The smallest absolute Gasteiger partial charge is 0.295 e. The zero-order valence-electron chi connectivity index (χ0n) is 26.4. The highest BCUT2D eigenvalue weighted by Gasteiger charge is 2.19. The molecule has 2 aliphatic heterocycles. The van der Waals surface area contributed by atoms with Crippen molar-refractivity contribution in [1.29, 1.82) is 0 Å². The second kappa shape index (κ2) is 15.7. The van der Waals surface area contributed by atoms with Crippen molar-refractivity contribution in [2.45, 2.75) is 9.79 Å². The minimum absolute atomic E-state index is 0.00605. The maximum atomic E-state index is 12.5. The molecule has 50 heavy (non-hydrogen) atoms. The Labute approximate surface area is 290 Å². The average Bonchev–Trinajstić information content (AvgIpc) is 3.10. The summed E-state index contributed by atoms with van der Waals surface area (Å²) in [5, 5.41) is 25.2. The minimum Gasteiger partial charge on any atom is -0.368 e. The van der Waals surface area contributed by atoms with Gasteiger partial charge in [0, 0.05) is 68.6 Å². The fourth-order valence-corrected chi connectivity index (χ4v) is 6.39. The number of hydrogen-bond donors (Lipinski definition) is 8. The Bertz CT molecular complexity index is 1960. The number of nitrogens with one attached hydrogen (secondary N) is 4. The minimum atomic E-state index is -4.68. The van der Waals surface area contributed by atoms with Crippen LogP contribution in [0.25, 0.3) is 12.2 Å². The van der Waals surface area contributed by atoms with Gasteiger partial charge in [0.05, 0.1) is 12.0 Å². The molecule has 2 saturated heterocycles. The highest BCUT2D eigenvalue weighted by atomic mass is 32.2. The molecule has 2 aliphatic rings.